The van der Waals surface area contributed by atoms with E-state index in [-0.39, 0.29) is 0 Å². The van der Waals surface area contributed by atoms with Gasteiger partial charge in [-0.15, -0.1) is 0 Å². The SMILES string of the molecule is N#CCCN1CCN(c2cccc(Cl)c2)CC1.O=C(O)C(=O)O. The Morgan fingerprint density at radius 3 is 2.26 bits per heavy atom. The van der Waals surface area contributed by atoms with Crippen molar-refractivity contribution in [2.75, 3.05) is 37.6 Å². The van der Waals surface area contributed by atoms with E-state index in [0.29, 0.717) is 6.42 Å². The number of carbonyl (C=O) groups is 2. The molecule has 1 heterocycles. The average Bonchev–Trinajstić information content (AvgIpc) is 2.54. The highest BCUT2D eigenvalue weighted by atomic mass is 35.5. The van der Waals surface area contributed by atoms with Crippen molar-refractivity contribution < 1.29 is 19.8 Å². The third kappa shape index (κ3) is 7.00. The Bertz CT molecular complexity index is 568. The maximum absolute atomic E-state index is 9.10. The van der Waals surface area contributed by atoms with Crippen LogP contribution in [-0.2, 0) is 9.59 Å². The first-order valence-electron chi connectivity index (χ1n) is 7.00. The predicted octanol–water partition coefficient (Wildman–Crippen LogP) is 1.53. The van der Waals surface area contributed by atoms with Gasteiger partial charge < -0.3 is 15.1 Å². The van der Waals surface area contributed by atoms with Gasteiger partial charge >= 0.3 is 11.9 Å². The van der Waals surface area contributed by atoms with E-state index in [2.05, 4.69) is 21.9 Å². The second-order valence-electron chi connectivity index (χ2n) is 4.83. The zero-order chi connectivity index (χ0) is 17.2. The molecular weight excluding hydrogens is 322 g/mol. The van der Waals surface area contributed by atoms with Crippen molar-refractivity contribution >= 4 is 29.2 Å². The molecule has 2 rings (SSSR count). The number of anilines is 1. The van der Waals surface area contributed by atoms with Crippen LogP contribution >= 0.6 is 11.6 Å². The fraction of sp³-hybridized carbons (Fsp3) is 0.400. The summed E-state index contributed by atoms with van der Waals surface area (Å²) in [6.45, 7) is 4.94. The van der Waals surface area contributed by atoms with Gasteiger partial charge in [0.2, 0.25) is 0 Å². The lowest BCUT2D eigenvalue weighted by Crippen LogP contribution is -2.46. The topological polar surface area (TPSA) is 105 Å². The van der Waals surface area contributed by atoms with E-state index in [0.717, 1.165) is 37.7 Å². The van der Waals surface area contributed by atoms with Gasteiger partial charge in [-0.25, -0.2) is 9.59 Å². The van der Waals surface area contributed by atoms with Crippen LogP contribution < -0.4 is 4.90 Å². The van der Waals surface area contributed by atoms with Crippen molar-refractivity contribution in [3.05, 3.63) is 29.3 Å². The van der Waals surface area contributed by atoms with Crippen molar-refractivity contribution in [2.45, 2.75) is 6.42 Å². The molecule has 1 aromatic carbocycles. The molecule has 23 heavy (non-hydrogen) atoms. The number of carboxylic acids is 2. The molecule has 1 aliphatic heterocycles. The third-order valence-electron chi connectivity index (χ3n) is 3.27. The molecule has 1 aliphatic rings. The molecule has 0 aromatic heterocycles. The van der Waals surface area contributed by atoms with Crippen LogP contribution in [0.25, 0.3) is 0 Å². The van der Waals surface area contributed by atoms with Gasteiger partial charge in [0.15, 0.2) is 0 Å². The highest BCUT2D eigenvalue weighted by Crippen LogP contribution is 2.20. The fourth-order valence-corrected chi connectivity index (χ4v) is 2.30. The molecule has 0 spiro atoms. The van der Waals surface area contributed by atoms with Crippen LogP contribution in [-0.4, -0.2) is 59.8 Å². The number of benzene rings is 1. The van der Waals surface area contributed by atoms with E-state index >= 15 is 0 Å². The largest absolute Gasteiger partial charge is 0.473 e. The number of nitrogens with zero attached hydrogens (tertiary/aromatic N) is 3. The number of carboxylic acid groups (broad SMARTS) is 2. The van der Waals surface area contributed by atoms with Crippen molar-refractivity contribution in [3.63, 3.8) is 0 Å². The average molecular weight is 340 g/mol. The number of rotatable bonds is 3. The fourth-order valence-electron chi connectivity index (χ4n) is 2.11. The van der Waals surface area contributed by atoms with Gasteiger partial charge in [0, 0.05) is 49.9 Å². The van der Waals surface area contributed by atoms with Crippen molar-refractivity contribution in [3.8, 4) is 6.07 Å². The molecule has 1 saturated heterocycles. The van der Waals surface area contributed by atoms with Crippen LogP contribution in [0.1, 0.15) is 6.42 Å². The minimum Gasteiger partial charge on any atom is -0.473 e. The second kappa shape index (κ2) is 9.66. The second-order valence-corrected chi connectivity index (χ2v) is 5.26. The first-order chi connectivity index (χ1) is 10.9. The Balaban J connectivity index is 0.000000379. The number of halogens is 1. The maximum Gasteiger partial charge on any atom is 0.414 e. The number of hydrogen-bond acceptors (Lipinski definition) is 5. The van der Waals surface area contributed by atoms with Crippen LogP contribution in [0.15, 0.2) is 24.3 Å². The van der Waals surface area contributed by atoms with E-state index in [4.69, 9.17) is 36.7 Å². The maximum atomic E-state index is 9.10. The molecule has 8 heteroatoms. The summed E-state index contributed by atoms with van der Waals surface area (Å²) < 4.78 is 0. The molecule has 0 aliphatic carbocycles. The summed E-state index contributed by atoms with van der Waals surface area (Å²) >= 11 is 5.99. The Kier molecular flexibility index (Phi) is 7.88. The van der Waals surface area contributed by atoms with Crippen molar-refractivity contribution in [1.29, 1.82) is 5.26 Å². The monoisotopic (exact) mass is 339 g/mol. The number of piperazine rings is 1. The molecule has 0 unspecified atom stereocenters. The summed E-state index contributed by atoms with van der Waals surface area (Å²) in [6, 6.07) is 10.2. The van der Waals surface area contributed by atoms with Crippen LogP contribution in [0, 0.1) is 11.3 Å². The molecule has 1 fully saturated rings. The third-order valence-corrected chi connectivity index (χ3v) is 3.50. The predicted molar refractivity (Wildman–Crippen MR) is 85.6 cm³/mol. The zero-order valence-corrected chi connectivity index (χ0v) is 13.2. The molecule has 0 amide bonds. The standard InChI is InChI=1S/C13H16ClN3.C2H2O4/c14-12-3-1-4-13(11-12)17-9-7-16(8-10-17)6-2-5-15;3-1(4)2(5)6/h1,3-4,11H,2,6-10H2;(H,3,4)(H,5,6). The van der Waals surface area contributed by atoms with E-state index < -0.39 is 11.9 Å². The van der Waals surface area contributed by atoms with E-state index in [1.54, 1.807) is 0 Å². The summed E-state index contributed by atoms with van der Waals surface area (Å²) in [6.07, 6.45) is 0.622. The van der Waals surface area contributed by atoms with Gasteiger partial charge in [0.25, 0.3) is 0 Å². The highest BCUT2D eigenvalue weighted by Gasteiger charge is 2.16. The minimum absolute atomic E-state index is 0.622. The van der Waals surface area contributed by atoms with Gasteiger partial charge in [0.05, 0.1) is 6.07 Å². The summed E-state index contributed by atoms with van der Waals surface area (Å²) in [4.78, 5) is 22.9. The van der Waals surface area contributed by atoms with Gasteiger partial charge in [-0.05, 0) is 18.2 Å². The minimum atomic E-state index is -1.82. The first kappa shape index (κ1) is 18.7. The van der Waals surface area contributed by atoms with Crippen molar-refractivity contribution in [1.82, 2.24) is 4.90 Å². The molecule has 0 radical (unpaired) electrons. The summed E-state index contributed by atoms with van der Waals surface area (Å²) in [5, 5.41) is 24.1. The van der Waals surface area contributed by atoms with Crippen LogP contribution in [0.5, 0.6) is 0 Å². The quantitative estimate of drug-likeness (QED) is 0.804. The molecular formula is C15H18ClN3O4. The molecule has 0 saturated carbocycles. The first-order valence-corrected chi connectivity index (χ1v) is 7.38. The molecule has 7 nitrogen and oxygen atoms in total. The van der Waals surface area contributed by atoms with Crippen molar-refractivity contribution in [2.24, 2.45) is 0 Å². The molecule has 0 atom stereocenters. The molecule has 124 valence electrons. The number of hydrogen-bond donors (Lipinski definition) is 2. The van der Waals surface area contributed by atoms with Crippen LogP contribution in [0.3, 0.4) is 0 Å². The molecule has 0 bridgehead atoms. The molecule has 2 N–H and O–H groups in total. The highest BCUT2D eigenvalue weighted by molar-refractivity contribution is 6.30. The Morgan fingerprint density at radius 2 is 1.78 bits per heavy atom. The Labute approximate surface area is 139 Å². The van der Waals surface area contributed by atoms with Gasteiger partial charge in [-0.3, -0.25) is 4.90 Å². The number of aliphatic carboxylic acids is 2. The lowest BCUT2D eigenvalue weighted by atomic mass is 10.2. The summed E-state index contributed by atoms with van der Waals surface area (Å²) in [7, 11) is 0. The van der Waals surface area contributed by atoms with Crippen LogP contribution in [0.2, 0.25) is 5.02 Å². The van der Waals surface area contributed by atoms with E-state index in [1.165, 1.54) is 5.69 Å². The van der Waals surface area contributed by atoms with Crippen LogP contribution in [0.4, 0.5) is 5.69 Å². The lowest BCUT2D eigenvalue weighted by Gasteiger charge is -2.35. The van der Waals surface area contributed by atoms with Gasteiger partial charge in [-0.1, -0.05) is 17.7 Å². The summed E-state index contributed by atoms with van der Waals surface area (Å²) in [5.74, 6) is -3.65. The zero-order valence-electron chi connectivity index (χ0n) is 12.5. The smallest absolute Gasteiger partial charge is 0.414 e. The Hall–Kier alpha value is -2.30. The lowest BCUT2D eigenvalue weighted by molar-refractivity contribution is -0.159. The summed E-state index contributed by atoms with van der Waals surface area (Å²) in [5.41, 5.74) is 1.19. The Morgan fingerprint density at radius 1 is 1.17 bits per heavy atom. The number of nitriles is 1. The molecule has 1 aromatic rings. The van der Waals surface area contributed by atoms with Gasteiger partial charge in [0.1, 0.15) is 0 Å². The normalized spacial score (nSPS) is 14.3. The van der Waals surface area contributed by atoms with E-state index in [9.17, 15) is 0 Å². The van der Waals surface area contributed by atoms with E-state index in [1.807, 2.05) is 18.2 Å². The van der Waals surface area contributed by atoms with Gasteiger partial charge in [-0.2, -0.15) is 5.26 Å².